The molecule has 3 nitrogen and oxygen atoms in total. The lowest BCUT2D eigenvalue weighted by molar-refractivity contribution is 0.0578. The first-order valence-corrected chi connectivity index (χ1v) is 7.23. The highest BCUT2D eigenvalue weighted by molar-refractivity contribution is 5.29. The maximum atomic E-state index is 14.0. The molecule has 0 heterocycles. The lowest BCUT2D eigenvalue weighted by Gasteiger charge is -2.21. The van der Waals surface area contributed by atoms with Crippen molar-refractivity contribution in [3.8, 4) is 5.75 Å². The Morgan fingerprint density at radius 2 is 2.10 bits per heavy atom. The zero-order valence-electron chi connectivity index (χ0n) is 12.4. The van der Waals surface area contributed by atoms with Crippen molar-refractivity contribution in [2.75, 3.05) is 0 Å². The molecule has 0 aromatic heterocycles. The smallest absolute Gasteiger partial charge is 0.165 e. The van der Waals surface area contributed by atoms with Crippen LogP contribution in [0.4, 0.5) is 4.39 Å². The molecular weight excluding hydrogens is 257 g/mol. The van der Waals surface area contributed by atoms with Gasteiger partial charge in [-0.3, -0.25) is 0 Å². The fourth-order valence-electron chi connectivity index (χ4n) is 2.32. The predicted molar refractivity (Wildman–Crippen MR) is 77.3 cm³/mol. The van der Waals surface area contributed by atoms with Gasteiger partial charge >= 0.3 is 0 Å². The van der Waals surface area contributed by atoms with Gasteiger partial charge in [0.1, 0.15) is 6.10 Å². The van der Waals surface area contributed by atoms with E-state index < -0.39 is 6.10 Å². The van der Waals surface area contributed by atoms with Crippen molar-refractivity contribution in [3.05, 3.63) is 29.6 Å². The average molecular weight is 281 g/mol. The van der Waals surface area contributed by atoms with Crippen LogP contribution in [0, 0.1) is 5.82 Å². The van der Waals surface area contributed by atoms with Gasteiger partial charge in [-0.1, -0.05) is 6.07 Å². The fraction of sp³-hybridized carbons (Fsp3) is 0.625. The molecule has 4 heteroatoms. The fourth-order valence-corrected chi connectivity index (χ4v) is 2.32. The summed E-state index contributed by atoms with van der Waals surface area (Å²) in [6, 6.07) is 5.01. The summed E-state index contributed by atoms with van der Waals surface area (Å²) >= 11 is 0. The van der Waals surface area contributed by atoms with Crippen molar-refractivity contribution in [2.45, 2.75) is 64.3 Å². The average Bonchev–Trinajstić information content (AvgIpc) is 2.75. The van der Waals surface area contributed by atoms with E-state index in [0.29, 0.717) is 6.54 Å². The predicted octanol–water partition coefficient (Wildman–Crippen LogP) is 3.01. The monoisotopic (exact) mass is 281 g/mol. The molecule has 20 heavy (non-hydrogen) atoms. The van der Waals surface area contributed by atoms with Gasteiger partial charge in [0, 0.05) is 12.1 Å². The number of halogens is 1. The van der Waals surface area contributed by atoms with Gasteiger partial charge in [0.2, 0.25) is 0 Å². The number of aliphatic hydroxyl groups excluding tert-OH is 1. The molecule has 112 valence electrons. The Labute approximate surface area is 120 Å². The first kappa shape index (κ1) is 15.3. The van der Waals surface area contributed by atoms with E-state index in [2.05, 4.69) is 26.1 Å². The Balaban J connectivity index is 1.98. The van der Waals surface area contributed by atoms with E-state index in [4.69, 9.17) is 4.74 Å². The largest absolute Gasteiger partial charge is 0.485 e. The second-order valence-electron chi connectivity index (χ2n) is 6.52. The van der Waals surface area contributed by atoms with Gasteiger partial charge in [-0.05, 0) is 57.7 Å². The van der Waals surface area contributed by atoms with Gasteiger partial charge in [0.25, 0.3) is 0 Å². The number of aliphatic hydroxyl groups is 1. The third-order valence-corrected chi connectivity index (χ3v) is 3.52. The van der Waals surface area contributed by atoms with E-state index in [1.165, 1.54) is 6.07 Å². The van der Waals surface area contributed by atoms with Crippen LogP contribution < -0.4 is 10.1 Å². The van der Waals surface area contributed by atoms with Gasteiger partial charge in [-0.25, -0.2) is 4.39 Å². The van der Waals surface area contributed by atoms with Crippen LogP contribution in [0.5, 0.6) is 5.75 Å². The summed E-state index contributed by atoms with van der Waals surface area (Å²) in [7, 11) is 0. The van der Waals surface area contributed by atoms with Crippen molar-refractivity contribution < 1.29 is 14.2 Å². The summed E-state index contributed by atoms with van der Waals surface area (Å²) < 4.78 is 19.6. The topological polar surface area (TPSA) is 41.5 Å². The third-order valence-electron chi connectivity index (χ3n) is 3.52. The van der Waals surface area contributed by atoms with Crippen LogP contribution in [0.15, 0.2) is 18.2 Å². The lowest BCUT2D eigenvalue weighted by Crippen LogP contribution is -2.35. The maximum Gasteiger partial charge on any atom is 0.165 e. The minimum absolute atomic E-state index is 0.000392. The van der Waals surface area contributed by atoms with Gasteiger partial charge in [-0.2, -0.15) is 0 Å². The quantitative estimate of drug-likeness (QED) is 0.891. The molecule has 1 saturated carbocycles. The first-order valence-electron chi connectivity index (χ1n) is 7.23. The van der Waals surface area contributed by atoms with Gasteiger partial charge in [0.05, 0.1) is 6.10 Å². The van der Waals surface area contributed by atoms with E-state index in [1.54, 1.807) is 6.07 Å². The summed E-state index contributed by atoms with van der Waals surface area (Å²) in [4.78, 5) is 0. The lowest BCUT2D eigenvalue weighted by atomic mass is 10.1. The highest BCUT2D eigenvalue weighted by Crippen LogP contribution is 2.27. The van der Waals surface area contributed by atoms with Gasteiger partial charge in [0.15, 0.2) is 11.6 Å². The minimum atomic E-state index is -0.475. The number of benzene rings is 1. The molecule has 2 atom stereocenters. The molecule has 0 aliphatic heterocycles. The molecule has 1 aromatic carbocycles. The van der Waals surface area contributed by atoms with Crippen LogP contribution >= 0.6 is 0 Å². The third kappa shape index (κ3) is 4.18. The first-order chi connectivity index (χ1) is 9.35. The molecule has 0 saturated heterocycles. The molecule has 2 unspecified atom stereocenters. The molecule has 1 aromatic rings. The van der Waals surface area contributed by atoms with Crippen molar-refractivity contribution in [1.29, 1.82) is 0 Å². The summed E-state index contributed by atoms with van der Waals surface area (Å²) in [5.74, 6) is -0.132. The van der Waals surface area contributed by atoms with Crippen molar-refractivity contribution in [3.63, 3.8) is 0 Å². The zero-order valence-corrected chi connectivity index (χ0v) is 12.4. The molecule has 0 bridgehead atoms. The number of rotatable bonds is 4. The molecule has 2 rings (SSSR count). The highest BCUT2D eigenvalue weighted by atomic mass is 19.1. The van der Waals surface area contributed by atoms with Crippen LogP contribution in [0.25, 0.3) is 0 Å². The van der Waals surface area contributed by atoms with E-state index in [0.717, 1.165) is 24.8 Å². The van der Waals surface area contributed by atoms with Crippen molar-refractivity contribution >= 4 is 0 Å². The molecule has 0 amide bonds. The minimum Gasteiger partial charge on any atom is -0.485 e. The van der Waals surface area contributed by atoms with Crippen LogP contribution in [0.2, 0.25) is 0 Å². The Bertz CT molecular complexity index is 456. The van der Waals surface area contributed by atoms with E-state index in [-0.39, 0.29) is 23.2 Å². The van der Waals surface area contributed by atoms with Crippen LogP contribution in [0.3, 0.4) is 0 Å². The summed E-state index contributed by atoms with van der Waals surface area (Å²) in [5.41, 5.74) is 0.885. The summed E-state index contributed by atoms with van der Waals surface area (Å²) in [6.45, 7) is 6.83. The SMILES string of the molecule is CC(C)(C)NCc1ccc(OC2CCCC2O)c(F)c1. The zero-order chi connectivity index (χ0) is 14.8. The molecule has 1 fully saturated rings. The van der Waals surface area contributed by atoms with Crippen LogP contribution in [0.1, 0.15) is 45.6 Å². The van der Waals surface area contributed by atoms with Crippen molar-refractivity contribution in [1.82, 2.24) is 5.32 Å². The Morgan fingerprint density at radius 3 is 2.65 bits per heavy atom. The van der Waals surface area contributed by atoms with Crippen LogP contribution in [-0.2, 0) is 6.54 Å². The second-order valence-corrected chi connectivity index (χ2v) is 6.52. The molecule has 1 aliphatic carbocycles. The number of ether oxygens (including phenoxy) is 1. The molecular formula is C16H24FNO2. The number of nitrogens with one attached hydrogen (secondary N) is 1. The summed E-state index contributed by atoms with van der Waals surface area (Å²) in [6.07, 6.45) is 1.70. The van der Waals surface area contributed by atoms with E-state index in [1.807, 2.05) is 6.07 Å². The maximum absolute atomic E-state index is 14.0. The Hall–Kier alpha value is -1.13. The number of hydrogen-bond donors (Lipinski definition) is 2. The summed E-state index contributed by atoms with van der Waals surface area (Å²) in [5, 5.41) is 13.0. The van der Waals surface area contributed by atoms with E-state index in [9.17, 15) is 9.50 Å². The molecule has 0 spiro atoms. The molecule has 2 N–H and O–H groups in total. The van der Waals surface area contributed by atoms with Gasteiger partial charge < -0.3 is 15.2 Å². The normalized spacial score (nSPS) is 23.1. The molecule has 1 aliphatic rings. The van der Waals surface area contributed by atoms with Crippen LogP contribution in [-0.4, -0.2) is 22.9 Å². The standard InChI is InChI=1S/C16H24FNO2/c1-16(2,3)18-10-11-7-8-14(12(17)9-11)20-15-6-4-5-13(15)19/h7-9,13,15,18-19H,4-6,10H2,1-3H3. The van der Waals surface area contributed by atoms with Gasteiger partial charge in [-0.15, -0.1) is 0 Å². The highest BCUT2D eigenvalue weighted by Gasteiger charge is 2.27. The molecule has 0 radical (unpaired) electrons. The Morgan fingerprint density at radius 1 is 1.35 bits per heavy atom. The Kier molecular flexibility index (Phi) is 4.66. The second kappa shape index (κ2) is 6.10. The number of hydrogen-bond acceptors (Lipinski definition) is 3. The van der Waals surface area contributed by atoms with Crippen molar-refractivity contribution in [2.24, 2.45) is 0 Å². The van der Waals surface area contributed by atoms with E-state index >= 15 is 0 Å².